The van der Waals surface area contributed by atoms with Gasteiger partial charge in [0.15, 0.2) is 0 Å². The molecule has 0 radical (unpaired) electrons. The Kier molecular flexibility index (Phi) is 11.1. The van der Waals surface area contributed by atoms with Gasteiger partial charge in [-0.15, -0.1) is 0 Å². The van der Waals surface area contributed by atoms with Crippen LogP contribution in [0.5, 0.6) is 0 Å². The maximum Gasteiger partial charge on any atom is 0.243 e. The smallest absolute Gasteiger partial charge is 0.243 e. The molecule has 1 N–H and O–H groups in total. The number of para-hydroxylation sites is 1. The van der Waals surface area contributed by atoms with E-state index >= 15 is 0 Å². The van der Waals surface area contributed by atoms with Crippen LogP contribution in [0.3, 0.4) is 0 Å². The molecule has 0 saturated heterocycles. The second-order valence-electron chi connectivity index (χ2n) is 9.48. The number of hydrogen-bond acceptors (Lipinski definition) is 4. The quantitative estimate of drug-likeness (QED) is 0.291. The van der Waals surface area contributed by atoms with Crippen molar-refractivity contribution in [3.05, 3.63) is 100 Å². The van der Waals surface area contributed by atoms with Crippen LogP contribution in [0.2, 0.25) is 0 Å². The lowest BCUT2D eigenvalue weighted by molar-refractivity contribution is -0.141. The van der Waals surface area contributed by atoms with Crippen LogP contribution in [0.25, 0.3) is 0 Å². The number of halogens is 1. The van der Waals surface area contributed by atoms with Gasteiger partial charge in [0.25, 0.3) is 0 Å². The normalized spacial score (nSPS) is 12.0. The van der Waals surface area contributed by atoms with Crippen molar-refractivity contribution < 1.29 is 18.0 Å². The zero-order chi connectivity index (χ0) is 28.4. The van der Waals surface area contributed by atoms with E-state index < -0.39 is 16.1 Å². The molecule has 0 aromatic heterocycles. The summed E-state index contributed by atoms with van der Waals surface area (Å²) in [5.74, 6) is -0.428. The maximum absolute atomic E-state index is 13.8. The Balaban J connectivity index is 1.87. The van der Waals surface area contributed by atoms with E-state index in [1.54, 1.807) is 17.0 Å². The van der Waals surface area contributed by atoms with Crippen molar-refractivity contribution >= 4 is 43.5 Å². The van der Waals surface area contributed by atoms with Gasteiger partial charge in [0.05, 0.1) is 11.9 Å². The Morgan fingerprint density at radius 2 is 1.62 bits per heavy atom. The summed E-state index contributed by atoms with van der Waals surface area (Å²) in [4.78, 5) is 28.7. The fourth-order valence-corrected chi connectivity index (χ4v) is 5.97. The fraction of sp³-hybridized carbons (Fsp3) is 0.333. The Labute approximate surface area is 240 Å². The zero-order valence-corrected chi connectivity index (χ0v) is 25.0. The minimum Gasteiger partial charge on any atom is -0.355 e. The SMILES string of the molecule is CCNC(=O)[C@H](Cc1ccccc1)N(Cc1cccc(Br)c1)C(=O)CCCN(c1ccccc1C)S(C)(=O)=O. The number of nitrogens with one attached hydrogen (secondary N) is 1. The number of hydrogen-bond donors (Lipinski definition) is 1. The third-order valence-electron chi connectivity index (χ3n) is 6.40. The lowest BCUT2D eigenvalue weighted by atomic mass is 10.0. The van der Waals surface area contributed by atoms with Crippen molar-refractivity contribution in [2.75, 3.05) is 23.7 Å². The van der Waals surface area contributed by atoms with Crippen molar-refractivity contribution in [1.82, 2.24) is 10.2 Å². The van der Waals surface area contributed by atoms with Crippen molar-refractivity contribution in [2.24, 2.45) is 0 Å². The summed E-state index contributed by atoms with van der Waals surface area (Å²) in [6.07, 6.45) is 1.94. The number of nitrogens with zero attached hydrogens (tertiary/aromatic N) is 2. The molecular formula is C30H36BrN3O4S. The van der Waals surface area contributed by atoms with E-state index in [9.17, 15) is 18.0 Å². The number of sulfonamides is 1. The lowest BCUT2D eigenvalue weighted by Gasteiger charge is -2.32. The highest BCUT2D eigenvalue weighted by molar-refractivity contribution is 9.10. The van der Waals surface area contributed by atoms with E-state index in [0.717, 1.165) is 21.2 Å². The summed E-state index contributed by atoms with van der Waals surface area (Å²) >= 11 is 3.49. The highest BCUT2D eigenvalue weighted by Gasteiger charge is 2.30. The van der Waals surface area contributed by atoms with Gasteiger partial charge in [-0.3, -0.25) is 13.9 Å². The number of amides is 2. The molecule has 0 aliphatic heterocycles. The molecule has 0 bridgehead atoms. The Bertz CT molecular complexity index is 1370. The van der Waals surface area contributed by atoms with Gasteiger partial charge in [0, 0.05) is 36.9 Å². The van der Waals surface area contributed by atoms with Crippen LogP contribution in [0.15, 0.2) is 83.3 Å². The van der Waals surface area contributed by atoms with Gasteiger partial charge in [-0.25, -0.2) is 8.42 Å². The molecule has 39 heavy (non-hydrogen) atoms. The summed E-state index contributed by atoms with van der Waals surface area (Å²) in [6.45, 7) is 4.57. The Morgan fingerprint density at radius 1 is 0.949 bits per heavy atom. The van der Waals surface area contributed by atoms with Crippen molar-refractivity contribution in [3.63, 3.8) is 0 Å². The molecule has 3 aromatic carbocycles. The first kappa shape index (κ1) is 30.4. The molecule has 0 aliphatic carbocycles. The molecule has 0 unspecified atom stereocenters. The molecule has 0 saturated carbocycles. The fourth-order valence-electron chi connectivity index (χ4n) is 4.50. The van der Waals surface area contributed by atoms with E-state index in [-0.39, 0.29) is 31.3 Å². The number of aryl methyl sites for hydroxylation is 1. The Hall–Kier alpha value is -3.17. The molecule has 3 aromatic rings. The average Bonchev–Trinajstić information content (AvgIpc) is 2.89. The van der Waals surface area contributed by atoms with Crippen molar-refractivity contribution in [3.8, 4) is 0 Å². The number of carbonyl (C=O) groups is 2. The van der Waals surface area contributed by atoms with Gasteiger partial charge in [-0.2, -0.15) is 0 Å². The second-order valence-corrected chi connectivity index (χ2v) is 12.3. The summed E-state index contributed by atoms with van der Waals surface area (Å²) in [5, 5.41) is 2.89. The largest absolute Gasteiger partial charge is 0.355 e. The van der Waals surface area contributed by atoms with Crippen LogP contribution in [-0.2, 0) is 32.6 Å². The van der Waals surface area contributed by atoms with Crippen LogP contribution in [0.4, 0.5) is 5.69 Å². The summed E-state index contributed by atoms with van der Waals surface area (Å²) in [5.41, 5.74) is 3.27. The topological polar surface area (TPSA) is 86.8 Å². The summed E-state index contributed by atoms with van der Waals surface area (Å²) in [7, 11) is -3.55. The van der Waals surface area contributed by atoms with Gasteiger partial charge in [0.1, 0.15) is 6.04 Å². The van der Waals surface area contributed by atoms with Gasteiger partial charge in [-0.05, 0) is 55.2 Å². The third-order valence-corrected chi connectivity index (χ3v) is 8.07. The van der Waals surface area contributed by atoms with Gasteiger partial charge in [0.2, 0.25) is 21.8 Å². The highest BCUT2D eigenvalue weighted by atomic mass is 79.9. The van der Waals surface area contributed by atoms with Gasteiger partial charge in [-0.1, -0.05) is 76.6 Å². The molecule has 7 nitrogen and oxygen atoms in total. The molecule has 2 amide bonds. The first-order valence-corrected chi connectivity index (χ1v) is 15.6. The van der Waals surface area contributed by atoms with Crippen LogP contribution < -0.4 is 9.62 Å². The number of rotatable bonds is 13. The van der Waals surface area contributed by atoms with E-state index in [4.69, 9.17) is 0 Å². The molecule has 0 fully saturated rings. The third kappa shape index (κ3) is 8.93. The zero-order valence-electron chi connectivity index (χ0n) is 22.6. The van der Waals surface area contributed by atoms with Gasteiger partial charge < -0.3 is 10.2 Å². The van der Waals surface area contributed by atoms with Gasteiger partial charge >= 0.3 is 0 Å². The minimum absolute atomic E-state index is 0.0938. The van der Waals surface area contributed by atoms with Crippen LogP contribution >= 0.6 is 15.9 Å². The van der Waals surface area contributed by atoms with Crippen LogP contribution in [0, 0.1) is 6.92 Å². The number of carbonyl (C=O) groups excluding carboxylic acids is 2. The Morgan fingerprint density at radius 3 is 2.26 bits per heavy atom. The minimum atomic E-state index is -3.55. The summed E-state index contributed by atoms with van der Waals surface area (Å²) in [6, 6.07) is 23.8. The van der Waals surface area contributed by atoms with Crippen LogP contribution in [0.1, 0.15) is 36.5 Å². The molecule has 3 rings (SSSR count). The first-order chi connectivity index (χ1) is 18.6. The number of benzene rings is 3. The molecule has 0 heterocycles. The van der Waals surface area contributed by atoms with Crippen molar-refractivity contribution in [2.45, 2.75) is 45.7 Å². The number of likely N-dealkylation sites (N-methyl/N-ethyl adjacent to an activating group) is 1. The van der Waals surface area contributed by atoms with E-state index in [1.165, 1.54) is 10.6 Å². The maximum atomic E-state index is 13.8. The first-order valence-electron chi connectivity index (χ1n) is 13.0. The average molecular weight is 615 g/mol. The lowest BCUT2D eigenvalue weighted by Crippen LogP contribution is -2.50. The predicted molar refractivity (Wildman–Crippen MR) is 160 cm³/mol. The molecule has 0 aliphatic rings. The molecule has 0 spiro atoms. The van der Waals surface area contributed by atoms with Crippen molar-refractivity contribution in [1.29, 1.82) is 0 Å². The summed E-state index contributed by atoms with van der Waals surface area (Å²) < 4.78 is 27.5. The molecular weight excluding hydrogens is 578 g/mol. The van der Waals surface area contributed by atoms with E-state index in [1.807, 2.05) is 80.6 Å². The van der Waals surface area contributed by atoms with E-state index in [0.29, 0.717) is 25.1 Å². The number of anilines is 1. The molecule has 208 valence electrons. The van der Waals surface area contributed by atoms with Crippen LogP contribution in [-0.4, -0.2) is 50.5 Å². The molecule has 9 heteroatoms. The second kappa shape index (κ2) is 14.3. The molecule has 1 atom stereocenters. The monoisotopic (exact) mass is 613 g/mol. The standard InChI is InChI=1S/C30H36BrN3O4S/c1-4-32-30(36)28(21-24-13-6-5-7-14-24)33(22-25-15-10-16-26(31)20-25)29(35)18-11-19-34(39(3,37)38)27-17-9-8-12-23(27)2/h5-10,12-17,20,28H,4,11,18-19,21-22H2,1-3H3,(H,32,36)/t28-/m0/s1. The highest BCUT2D eigenvalue weighted by Crippen LogP contribution is 2.23. The van der Waals surface area contributed by atoms with E-state index in [2.05, 4.69) is 21.2 Å². The predicted octanol–water partition coefficient (Wildman–Crippen LogP) is 5.08.